The van der Waals surface area contributed by atoms with Crippen molar-refractivity contribution in [3.63, 3.8) is 0 Å². The van der Waals surface area contributed by atoms with Crippen LogP contribution in [0.1, 0.15) is 40.3 Å². The molecule has 0 amide bonds. The maximum absolute atomic E-state index is 5.33. The van der Waals surface area contributed by atoms with Gasteiger partial charge in [0, 0.05) is 11.1 Å². The fourth-order valence-electron chi connectivity index (χ4n) is 6.88. The molecule has 6 aromatic carbocycles. The molecule has 0 aliphatic heterocycles. The van der Waals surface area contributed by atoms with Crippen LogP contribution in [0, 0.1) is 6.92 Å². The zero-order valence-electron chi connectivity index (χ0n) is 44.3. The molecule has 6 rings (SSSR count). The van der Waals surface area contributed by atoms with E-state index in [0.29, 0.717) is 63.9 Å². The third kappa shape index (κ3) is 16.1. The molecule has 0 radical (unpaired) electrons. The van der Waals surface area contributed by atoms with E-state index in [1.54, 1.807) is 67.0 Å². The minimum absolute atomic E-state index is 0.416. The van der Waals surface area contributed by atoms with Crippen LogP contribution in [0.15, 0.2) is 130 Å². The maximum atomic E-state index is 5.33. The Morgan fingerprint density at radius 3 is 1.25 bits per heavy atom. The Balaban J connectivity index is 0.000000312. The van der Waals surface area contributed by atoms with E-state index in [4.69, 9.17) is 56.8 Å². The van der Waals surface area contributed by atoms with Crippen LogP contribution in [0.25, 0.3) is 41.5 Å². The summed E-state index contributed by atoms with van der Waals surface area (Å²) in [5, 5.41) is 0. The lowest BCUT2D eigenvalue weighted by Crippen LogP contribution is -2.02. The lowest BCUT2D eigenvalue weighted by atomic mass is 10.0. The predicted molar refractivity (Wildman–Crippen MR) is 296 cm³/mol. The van der Waals surface area contributed by atoms with E-state index in [2.05, 4.69) is 51.1 Å². The first kappa shape index (κ1) is 59.7. The van der Waals surface area contributed by atoms with Crippen LogP contribution in [0.2, 0.25) is 0 Å². The second kappa shape index (κ2) is 32.4. The molecule has 0 unspecified atom stereocenters. The smallest absolute Gasteiger partial charge is 0.211 e. The van der Waals surface area contributed by atoms with Gasteiger partial charge in [0.15, 0.2) is 23.0 Å². The Kier molecular flexibility index (Phi) is 26.9. The third-order valence-electron chi connectivity index (χ3n) is 10.5. The summed E-state index contributed by atoms with van der Waals surface area (Å²) in [5.74, 6) is 7.10. The standard InChI is InChI=1S/C15H14O.C13H18O5.C12H16O4.2C10H12O/c1-3-12-9-10-14(11-15(12)16-2)13-7-5-4-6-8-13;1-7-8-9(14-2)11(16-4)13(18-6)12(17-5)10(8)15-3;1-6-8-7-9(13-2)11(15-4)12(16-5)10(8)14-3;1-4-9-5-6-10(11-3)7-8(9)2;1-3-9-5-7-10(8-6-9)11-4-2/h3-11H,1H2,2H3;7H,1H2,2-6H3;6-7H,1H2,2-5H3;4-7H,1H2,2-3H3;3,5-8H,1,4H2,2H3. The molecule has 0 saturated carbocycles. The van der Waals surface area contributed by atoms with Gasteiger partial charge in [-0.15, -0.1) is 0 Å². The molecule has 12 nitrogen and oxygen atoms in total. The summed E-state index contributed by atoms with van der Waals surface area (Å²) in [6, 6.07) is 32.0. The SMILES string of the molecule is C=Cc1c(OC)c(OC)c(OC)c(OC)c1OC.C=Cc1cc(OC)c(OC)c(OC)c1OC.C=Cc1ccc(-c2ccccc2)cc1OC.C=Cc1ccc(OC)cc1C.C=Cc1ccc(OCC)cc1. The van der Waals surface area contributed by atoms with E-state index in [0.717, 1.165) is 45.1 Å². The summed E-state index contributed by atoms with van der Waals surface area (Å²) in [6.07, 6.45) is 8.74. The first-order chi connectivity index (χ1) is 34.9. The molecule has 0 aliphatic rings. The number of methoxy groups -OCH3 is 11. The third-order valence-corrected chi connectivity index (χ3v) is 10.5. The van der Waals surface area contributed by atoms with E-state index in [1.807, 2.05) is 98.8 Å². The zero-order chi connectivity index (χ0) is 53.6. The van der Waals surface area contributed by atoms with E-state index >= 15 is 0 Å². The number of rotatable bonds is 19. The fourth-order valence-corrected chi connectivity index (χ4v) is 6.88. The lowest BCUT2D eigenvalue weighted by Gasteiger charge is -2.20. The van der Waals surface area contributed by atoms with Gasteiger partial charge in [-0.25, -0.2) is 0 Å². The molecule has 0 aromatic heterocycles. The summed E-state index contributed by atoms with van der Waals surface area (Å²) >= 11 is 0. The first-order valence-electron chi connectivity index (χ1n) is 22.5. The van der Waals surface area contributed by atoms with Gasteiger partial charge >= 0.3 is 0 Å². The average Bonchev–Trinajstić information content (AvgIpc) is 3.44. The predicted octanol–water partition coefficient (Wildman–Crippen LogP) is 14.1. The van der Waals surface area contributed by atoms with Gasteiger partial charge in [-0.05, 0) is 78.1 Å². The van der Waals surface area contributed by atoms with Crippen molar-refractivity contribution in [2.75, 3.05) is 84.8 Å². The molecule has 0 heterocycles. The van der Waals surface area contributed by atoms with E-state index in [9.17, 15) is 0 Å². The molecule has 0 spiro atoms. The molecule has 0 saturated heterocycles. The molecular formula is C60H72O12. The van der Waals surface area contributed by atoms with Crippen molar-refractivity contribution in [1.29, 1.82) is 0 Å². The van der Waals surface area contributed by atoms with Crippen molar-refractivity contribution >= 4 is 30.4 Å². The van der Waals surface area contributed by atoms with E-state index in [1.165, 1.54) is 46.7 Å². The van der Waals surface area contributed by atoms with Crippen molar-refractivity contribution in [3.8, 4) is 80.1 Å². The second-order valence-electron chi connectivity index (χ2n) is 14.4. The summed E-state index contributed by atoms with van der Waals surface area (Å²) < 4.78 is 63.2. The minimum atomic E-state index is 0.416. The monoisotopic (exact) mass is 985 g/mol. The second-order valence-corrected chi connectivity index (χ2v) is 14.4. The molecule has 0 bridgehead atoms. The minimum Gasteiger partial charge on any atom is -0.497 e. The van der Waals surface area contributed by atoms with Gasteiger partial charge in [0.1, 0.15) is 17.2 Å². The fraction of sp³-hybridized carbons (Fsp3) is 0.233. The summed E-state index contributed by atoms with van der Waals surface area (Å²) in [7, 11) is 17.2. The van der Waals surface area contributed by atoms with Crippen LogP contribution in [0.3, 0.4) is 0 Å². The highest BCUT2D eigenvalue weighted by atomic mass is 16.6. The van der Waals surface area contributed by atoms with Gasteiger partial charge in [-0.2, -0.15) is 0 Å². The van der Waals surface area contributed by atoms with Crippen molar-refractivity contribution in [2.45, 2.75) is 13.8 Å². The van der Waals surface area contributed by atoms with Gasteiger partial charge in [0.25, 0.3) is 0 Å². The lowest BCUT2D eigenvalue weighted by molar-refractivity contribution is 0.290. The topological polar surface area (TPSA) is 111 Å². The molecule has 12 heteroatoms. The summed E-state index contributed by atoms with van der Waals surface area (Å²) in [5.41, 5.74) is 8.27. The van der Waals surface area contributed by atoms with Crippen LogP contribution < -0.4 is 56.8 Å². The van der Waals surface area contributed by atoms with Crippen LogP contribution >= 0.6 is 0 Å². The van der Waals surface area contributed by atoms with Crippen molar-refractivity contribution in [1.82, 2.24) is 0 Å². The molecule has 0 aliphatic carbocycles. The number of hydrogen-bond acceptors (Lipinski definition) is 12. The highest BCUT2D eigenvalue weighted by molar-refractivity contribution is 5.78. The average molecular weight is 985 g/mol. The van der Waals surface area contributed by atoms with Gasteiger partial charge in [-0.1, -0.05) is 124 Å². The normalized spacial score (nSPS) is 9.51. The summed E-state index contributed by atoms with van der Waals surface area (Å²) in [4.78, 5) is 0. The molecule has 0 fully saturated rings. The van der Waals surface area contributed by atoms with Gasteiger partial charge < -0.3 is 56.8 Å². The zero-order valence-corrected chi connectivity index (χ0v) is 44.3. The Morgan fingerprint density at radius 1 is 0.361 bits per heavy atom. The van der Waals surface area contributed by atoms with Crippen molar-refractivity contribution in [3.05, 3.63) is 163 Å². The molecule has 72 heavy (non-hydrogen) atoms. The molecule has 6 aromatic rings. The molecule has 0 atom stereocenters. The quantitative estimate of drug-likeness (QED) is 0.0770. The van der Waals surface area contributed by atoms with Gasteiger partial charge in [0.05, 0.1) is 90.4 Å². The first-order valence-corrected chi connectivity index (χ1v) is 22.5. The van der Waals surface area contributed by atoms with Crippen LogP contribution in [0.5, 0.6) is 69.0 Å². The Hall–Kier alpha value is -8.38. The maximum Gasteiger partial charge on any atom is 0.211 e. The largest absolute Gasteiger partial charge is 0.497 e. The van der Waals surface area contributed by atoms with Crippen molar-refractivity contribution in [2.24, 2.45) is 0 Å². The van der Waals surface area contributed by atoms with E-state index < -0.39 is 0 Å². The number of ether oxygens (including phenoxy) is 12. The van der Waals surface area contributed by atoms with Gasteiger partial charge in [-0.3, -0.25) is 0 Å². The Bertz CT molecular complexity index is 2600. The number of hydrogen-bond donors (Lipinski definition) is 0. The summed E-state index contributed by atoms with van der Waals surface area (Å²) in [6.45, 7) is 23.3. The molecule has 384 valence electrons. The number of benzene rings is 6. The molecule has 0 N–H and O–H groups in total. The Labute approximate surface area is 427 Å². The van der Waals surface area contributed by atoms with Crippen LogP contribution in [-0.2, 0) is 0 Å². The highest BCUT2D eigenvalue weighted by Gasteiger charge is 2.27. The van der Waals surface area contributed by atoms with Gasteiger partial charge in [0.2, 0.25) is 28.7 Å². The highest BCUT2D eigenvalue weighted by Crippen LogP contribution is 2.53. The van der Waals surface area contributed by atoms with Crippen LogP contribution in [0.4, 0.5) is 0 Å². The van der Waals surface area contributed by atoms with Crippen LogP contribution in [-0.4, -0.2) is 84.8 Å². The van der Waals surface area contributed by atoms with E-state index in [-0.39, 0.29) is 0 Å². The van der Waals surface area contributed by atoms with Crippen molar-refractivity contribution < 1.29 is 56.8 Å². The number of aryl methyl sites for hydroxylation is 1. The Morgan fingerprint density at radius 2 is 0.833 bits per heavy atom. The molecular weight excluding hydrogens is 913 g/mol.